The average molecular weight is 186 g/mol. The van der Waals surface area contributed by atoms with Crippen molar-refractivity contribution in [2.24, 2.45) is 4.99 Å². The van der Waals surface area contributed by atoms with Crippen LogP contribution in [0.1, 0.15) is 20.3 Å². The van der Waals surface area contributed by atoms with E-state index in [9.17, 15) is 4.79 Å². The number of amidine groups is 1. The molecule has 1 rings (SSSR count). The van der Waals surface area contributed by atoms with Crippen LogP contribution in [0.3, 0.4) is 0 Å². The van der Waals surface area contributed by atoms with Crippen LogP contribution < -0.4 is 0 Å². The van der Waals surface area contributed by atoms with Crippen molar-refractivity contribution in [3.05, 3.63) is 0 Å². The Morgan fingerprint density at radius 3 is 3.00 bits per heavy atom. The number of carbonyl (C=O) groups excluding carboxylic acids is 1. The van der Waals surface area contributed by atoms with Crippen molar-refractivity contribution in [2.45, 2.75) is 20.3 Å². The summed E-state index contributed by atoms with van der Waals surface area (Å²) >= 11 is 1.65. The predicted octanol–water partition coefficient (Wildman–Crippen LogP) is 1.35. The molecule has 0 aromatic carbocycles. The quantitative estimate of drug-likeness (QED) is 0.652. The van der Waals surface area contributed by atoms with E-state index in [1.807, 2.05) is 6.92 Å². The van der Waals surface area contributed by atoms with E-state index in [1.54, 1.807) is 16.7 Å². The van der Waals surface area contributed by atoms with Crippen LogP contribution in [-0.2, 0) is 4.79 Å². The highest BCUT2D eigenvalue weighted by molar-refractivity contribution is 8.13. The van der Waals surface area contributed by atoms with Gasteiger partial charge in [-0.15, -0.1) is 0 Å². The lowest BCUT2D eigenvalue weighted by Crippen LogP contribution is -2.32. The molecule has 0 bridgehead atoms. The molecule has 0 atom stereocenters. The molecule has 0 N–H and O–H groups in total. The Morgan fingerprint density at radius 1 is 1.67 bits per heavy atom. The first-order valence-corrected chi connectivity index (χ1v) is 5.25. The molecule has 1 amide bonds. The van der Waals surface area contributed by atoms with Crippen LogP contribution in [0.15, 0.2) is 4.99 Å². The number of carbonyl (C=O) groups is 1. The summed E-state index contributed by atoms with van der Waals surface area (Å²) in [6.45, 7) is 5.50. The summed E-state index contributed by atoms with van der Waals surface area (Å²) < 4.78 is 0. The van der Waals surface area contributed by atoms with Gasteiger partial charge >= 0.3 is 0 Å². The molecule has 0 aromatic heterocycles. The second-order valence-corrected chi connectivity index (χ2v) is 3.73. The summed E-state index contributed by atoms with van der Waals surface area (Å²) in [6, 6.07) is 0. The monoisotopic (exact) mass is 186 g/mol. The minimum Gasteiger partial charge on any atom is -0.290 e. The first-order chi connectivity index (χ1) is 5.79. The summed E-state index contributed by atoms with van der Waals surface area (Å²) in [6.07, 6.45) is 0.573. The summed E-state index contributed by atoms with van der Waals surface area (Å²) in [5.74, 6) is 1.17. The molecule has 68 valence electrons. The van der Waals surface area contributed by atoms with Crippen molar-refractivity contribution in [3.63, 3.8) is 0 Å². The Bertz CT molecular complexity index is 203. The third kappa shape index (κ3) is 2.00. The third-order valence-corrected chi connectivity index (χ3v) is 2.57. The maximum absolute atomic E-state index is 11.3. The van der Waals surface area contributed by atoms with Crippen molar-refractivity contribution in [3.8, 4) is 0 Å². The number of hydrogen-bond acceptors (Lipinski definition) is 3. The molecule has 0 saturated carbocycles. The zero-order valence-electron chi connectivity index (χ0n) is 7.54. The van der Waals surface area contributed by atoms with Gasteiger partial charge in [-0.1, -0.05) is 25.6 Å². The van der Waals surface area contributed by atoms with Gasteiger partial charge < -0.3 is 0 Å². The lowest BCUT2D eigenvalue weighted by atomic mass is 10.4. The predicted molar refractivity (Wildman–Crippen MR) is 52.4 cm³/mol. The van der Waals surface area contributed by atoms with Gasteiger partial charge in [0.25, 0.3) is 0 Å². The number of rotatable bonds is 2. The molecule has 1 heterocycles. The van der Waals surface area contributed by atoms with E-state index in [4.69, 9.17) is 0 Å². The van der Waals surface area contributed by atoms with Crippen LogP contribution in [-0.4, -0.2) is 34.8 Å². The fourth-order valence-electron chi connectivity index (χ4n) is 1.10. The smallest absolute Gasteiger partial charge is 0.228 e. The molecule has 12 heavy (non-hydrogen) atoms. The highest BCUT2D eigenvalue weighted by Gasteiger charge is 2.21. The number of nitrogens with zero attached hydrogens (tertiary/aromatic N) is 2. The minimum atomic E-state index is 0.187. The standard InChI is InChI=1S/C8H14N2OS/c1-3-7(11)10-6-5-9-8(10)12-4-2/h3-6H2,1-2H3. The largest absolute Gasteiger partial charge is 0.290 e. The SMILES string of the molecule is CCSC1=NCCN1C(=O)CC. The molecule has 0 aliphatic carbocycles. The van der Waals surface area contributed by atoms with E-state index in [0.29, 0.717) is 6.42 Å². The van der Waals surface area contributed by atoms with Crippen LogP contribution in [0.25, 0.3) is 0 Å². The normalized spacial score (nSPS) is 16.5. The van der Waals surface area contributed by atoms with Crippen LogP contribution in [0.2, 0.25) is 0 Å². The molecule has 0 saturated heterocycles. The van der Waals surface area contributed by atoms with Gasteiger partial charge in [0.1, 0.15) is 0 Å². The Balaban J connectivity index is 2.55. The number of thioether (sulfide) groups is 1. The molecule has 0 fully saturated rings. The van der Waals surface area contributed by atoms with Crippen LogP contribution in [0.5, 0.6) is 0 Å². The van der Waals surface area contributed by atoms with Gasteiger partial charge in [0.15, 0.2) is 5.17 Å². The van der Waals surface area contributed by atoms with Gasteiger partial charge in [0.2, 0.25) is 5.91 Å². The first-order valence-electron chi connectivity index (χ1n) is 4.27. The lowest BCUT2D eigenvalue weighted by molar-refractivity contribution is -0.126. The molecule has 0 spiro atoms. The van der Waals surface area contributed by atoms with E-state index in [-0.39, 0.29) is 5.91 Å². The summed E-state index contributed by atoms with van der Waals surface area (Å²) in [5, 5.41) is 0.907. The van der Waals surface area contributed by atoms with Gasteiger partial charge in [-0.25, -0.2) is 0 Å². The third-order valence-electron chi connectivity index (χ3n) is 1.68. The summed E-state index contributed by atoms with van der Waals surface area (Å²) in [4.78, 5) is 17.4. The maximum Gasteiger partial charge on any atom is 0.228 e. The number of amides is 1. The Morgan fingerprint density at radius 2 is 2.42 bits per heavy atom. The molecule has 1 aliphatic heterocycles. The van der Waals surface area contributed by atoms with E-state index < -0.39 is 0 Å². The molecule has 0 unspecified atom stereocenters. The van der Waals surface area contributed by atoms with E-state index >= 15 is 0 Å². The molecule has 1 aliphatic rings. The highest BCUT2D eigenvalue weighted by atomic mass is 32.2. The second kappa shape index (κ2) is 4.50. The summed E-state index contributed by atoms with van der Waals surface area (Å²) in [5.41, 5.74) is 0. The van der Waals surface area contributed by atoms with Crippen LogP contribution >= 0.6 is 11.8 Å². The topological polar surface area (TPSA) is 32.7 Å². The fraction of sp³-hybridized carbons (Fsp3) is 0.750. The van der Waals surface area contributed by atoms with E-state index in [1.165, 1.54) is 0 Å². The van der Waals surface area contributed by atoms with Crippen molar-refractivity contribution >= 4 is 22.8 Å². The first kappa shape index (κ1) is 9.58. The van der Waals surface area contributed by atoms with Gasteiger partial charge in [-0.3, -0.25) is 14.7 Å². The van der Waals surface area contributed by atoms with E-state index in [2.05, 4.69) is 11.9 Å². The fourth-order valence-corrected chi connectivity index (χ4v) is 1.89. The van der Waals surface area contributed by atoms with Crippen molar-refractivity contribution in [1.82, 2.24) is 4.90 Å². The Labute approximate surface area is 77.2 Å². The second-order valence-electron chi connectivity index (χ2n) is 2.50. The van der Waals surface area contributed by atoms with Crippen molar-refractivity contribution in [2.75, 3.05) is 18.8 Å². The maximum atomic E-state index is 11.3. The van der Waals surface area contributed by atoms with Crippen molar-refractivity contribution < 1.29 is 4.79 Å². The Hall–Kier alpha value is -0.510. The molecule has 3 nitrogen and oxygen atoms in total. The zero-order valence-corrected chi connectivity index (χ0v) is 8.36. The van der Waals surface area contributed by atoms with Crippen LogP contribution in [0, 0.1) is 0 Å². The van der Waals surface area contributed by atoms with E-state index in [0.717, 1.165) is 24.0 Å². The van der Waals surface area contributed by atoms with Gasteiger partial charge in [-0.2, -0.15) is 0 Å². The van der Waals surface area contributed by atoms with Gasteiger partial charge in [-0.05, 0) is 5.75 Å². The summed E-state index contributed by atoms with van der Waals surface area (Å²) in [7, 11) is 0. The molecule has 4 heteroatoms. The Kier molecular flexibility index (Phi) is 3.59. The average Bonchev–Trinajstić information content (AvgIpc) is 2.52. The molecular weight excluding hydrogens is 172 g/mol. The zero-order chi connectivity index (χ0) is 8.97. The minimum absolute atomic E-state index is 0.187. The van der Waals surface area contributed by atoms with Crippen molar-refractivity contribution in [1.29, 1.82) is 0 Å². The van der Waals surface area contributed by atoms with Gasteiger partial charge in [0, 0.05) is 13.0 Å². The molecule has 0 aromatic rings. The number of aliphatic imine (C=N–C) groups is 1. The molecule has 0 radical (unpaired) electrons. The number of hydrogen-bond donors (Lipinski definition) is 0. The molecular formula is C8H14N2OS. The van der Waals surface area contributed by atoms with Crippen LogP contribution in [0.4, 0.5) is 0 Å². The van der Waals surface area contributed by atoms with Gasteiger partial charge in [0.05, 0.1) is 6.54 Å². The lowest BCUT2D eigenvalue weighted by Gasteiger charge is -2.15. The highest BCUT2D eigenvalue weighted by Crippen LogP contribution is 2.14.